The summed E-state index contributed by atoms with van der Waals surface area (Å²) in [6.07, 6.45) is 6.09. The Morgan fingerprint density at radius 1 is 1.50 bits per heavy atom. The van der Waals surface area contributed by atoms with Gasteiger partial charge >= 0.3 is 5.97 Å². The number of hydrogen-bond acceptors (Lipinski definition) is 9. The number of carboxylic acids is 1. The molecule has 1 aliphatic carbocycles. The van der Waals surface area contributed by atoms with Gasteiger partial charge in [0, 0.05) is 6.04 Å². The van der Waals surface area contributed by atoms with Crippen LogP contribution in [0.4, 0.5) is 5.82 Å². The van der Waals surface area contributed by atoms with Crippen molar-refractivity contribution >= 4 is 34.6 Å². The van der Waals surface area contributed by atoms with Gasteiger partial charge in [0.2, 0.25) is 5.28 Å². The van der Waals surface area contributed by atoms with E-state index in [-0.39, 0.29) is 23.6 Å². The zero-order valence-corrected chi connectivity index (χ0v) is 18.1. The number of halogens is 1. The molecule has 32 heavy (non-hydrogen) atoms. The van der Waals surface area contributed by atoms with Gasteiger partial charge < -0.3 is 30.1 Å². The first-order valence-corrected chi connectivity index (χ1v) is 10.7. The summed E-state index contributed by atoms with van der Waals surface area (Å²) >= 11 is 6.14. The van der Waals surface area contributed by atoms with Crippen LogP contribution in [0.25, 0.3) is 11.2 Å². The Balaban J connectivity index is 1.64. The normalized spacial score (nSPS) is 29.3. The first-order chi connectivity index (χ1) is 15.2. The number of terminal acetylenes is 1. The molecule has 2 fully saturated rings. The Bertz CT molecular complexity index is 1050. The van der Waals surface area contributed by atoms with Crippen LogP contribution in [0, 0.1) is 12.3 Å². The maximum absolute atomic E-state index is 11.0. The summed E-state index contributed by atoms with van der Waals surface area (Å²) < 4.78 is 12.5. The van der Waals surface area contributed by atoms with Crippen molar-refractivity contribution in [1.82, 2.24) is 19.5 Å². The molecule has 1 unspecified atom stereocenters. The van der Waals surface area contributed by atoms with E-state index in [0.717, 1.165) is 25.7 Å². The Morgan fingerprint density at radius 3 is 2.88 bits per heavy atom. The number of imidazole rings is 1. The Labute approximate surface area is 188 Å². The van der Waals surface area contributed by atoms with E-state index in [1.807, 2.05) is 0 Å². The Kier molecular flexibility index (Phi) is 6.24. The predicted octanol–water partition coefficient (Wildman–Crippen LogP) is 0.946. The molecule has 1 aliphatic heterocycles. The summed E-state index contributed by atoms with van der Waals surface area (Å²) in [5.74, 6) is 1.44. The number of carboxylic acid groups (broad SMARTS) is 1. The molecule has 3 heterocycles. The second-order valence-corrected chi connectivity index (χ2v) is 8.37. The lowest BCUT2D eigenvalue weighted by atomic mass is 9.93. The number of ether oxygens (including phenoxy) is 2. The third kappa shape index (κ3) is 4.00. The minimum absolute atomic E-state index is 0.0189. The van der Waals surface area contributed by atoms with Gasteiger partial charge in [0.15, 0.2) is 34.9 Å². The molecule has 0 aromatic carbocycles. The largest absolute Gasteiger partial charge is 0.479 e. The van der Waals surface area contributed by atoms with Gasteiger partial charge in [0.05, 0.1) is 12.9 Å². The molecule has 1 saturated heterocycles. The number of nitrogens with zero attached hydrogens (tertiary/aromatic N) is 4. The molecule has 4 rings (SSSR count). The van der Waals surface area contributed by atoms with Crippen LogP contribution in [0.5, 0.6) is 0 Å². The molecule has 11 nitrogen and oxygen atoms in total. The maximum atomic E-state index is 11.0. The number of aliphatic hydroxyl groups excluding tert-OH is 1. The zero-order valence-electron chi connectivity index (χ0n) is 17.3. The summed E-state index contributed by atoms with van der Waals surface area (Å²) in [5.41, 5.74) is -1.41. The van der Waals surface area contributed by atoms with Crippen molar-refractivity contribution in [2.24, 2.45) is 0 Å². The molecule has 0 amide bonds. The predicted molar refractivity (Wildman–Crippen MR) is 113 cm³/mol. The van der Waals surface area contributed by atoms with Gasteiger partial charge in [0.1, 0.15) is 12.2 Å². The average molecular weight is 466 g/mol. The van der Waals surface area contributed by atoms with Gasteiger partial charge in [-0.15, -0.1) is 6.42 Å². The standard InChI is InChI=1S/C20H24ClN5O6/c1-3-20(30)12(8-31-10(2)18(28)29)32-17(14(20)27)26-9-22-13-15(23-11-6-4-5-7-11)24-19(21)25-16(13)26/h1,9-12,14,17,27,30H,4-8H2,2H3,(H,28,29)(H,23,24,25)/t10?,12-,14+,17-,20-/m1/s1. The molecular weight excluding hydrogens is 442 g/mol. The van der Waals surface area contributed by atoms with E-state index in [2.05, 4.69) is 26.2 Å². The maximum Gasteiger partial charge on any atom is 0.332 e. The number of rotatable bonds is 7. The average Bonchev–Trinajstić information content (AvgIpc) is 3.47. The molecule has 12 heteroatoms. The van der Waals surface area contributed by atoms with Crippen LogP contribution in [-0.2, 0) is 14.3 Å². The van der Waals surface area contributed by atoms with Crippen molar-refractivity contribution in [3.05, 3.63) is 11.6 Å². The lowest BCUT2D eigenvalue weighted by Gasteiger charge is -2.25. The van der Waals surface area contributed by atoms with Crippen molar-refractivity contribution in [3.63, 3.8) is 0 Å². The molecule has 0 spiro atoms. The molecule has 0 radical (unpaired) electrons. The second kappa shape index (κ2) is 8.80. The van der Waals surface area contributed by atoms with Crippen molar-refractivity contribution in [2.75, 3.05) is 11.9 Å². The van der Waals surface area contributed by atoms with E-state index in [1.165, 1.54) is 17.8 Å². The van der Waals surface area contributed by atoms with Gasteiger partial charge in [-0.05, 0) is 31.4 Å². The zero-order chi connectivity index (χ0) is 23.0. The molecule has 0 bridgehead atoms. The summed E-state index contributed by atoms with van der Waals surface area (Å²) in [6.45, 7) is 0.986. The van der Waals surface area contributed by atoms with Gasteiger partial charge in [-0.25, -0.2) is 9.78 Å². The molecule has 1 saturated carbocycles. The highest BCUT2D eigenvalue weighted by atomic mass is 35.5. The monoisotopic (exact) mass is 465 g/mol. The fraction of sp³-hybridized carbons (Fsp3) is 0.600. The second-order valence-electron chi connectivity index (χ2n) is 8.03. The van der Waals surface area contributed by atoms with Crippen LogP contribution in [-0.4, -0.2) is 77.4 Å². The Morgan fingerprint density at radius 2 is 2.22 bits per heavy atom. The third-order valence-electron chi connectivity index (χ3n) is 5.96. The number of fused-ring (bicyclic) bond motifs is 1. The third-order valence-corrected chi connectivity index (χ3v) is 6.13. The van der Waals surface area contributed by atoms with Crippen LogP contribution in [0.3, 0.4) is 0 Å². The van der Waals surface area contributed by atoms with Gasteiger partial charge in [-0.3, -0.25) is 4.57 Å². The molecule has 2 aromatic rings. The van der Waals surface area contributed by atoms with E-state index >= 15 is 0 Å². The SMILES string of the molecule is C#C[C@@]1(O)[C@@H](COC(C)C(=O)O)O[C@@H](n2cnc3c(NC4CCCC4)nc(Cl)nc32)[C@@H]1O. The minimum Gasteiger partial charge on any atom is -0.479 e. The first kappa shape index (κ1) is 22.7. The van der Waals surface area contributed by atoms with Crippen LogP contribution in [0.1, 0.15) is 38.8 Å². The van der Waals surface area contributed by atoms with Crippen LogP contribution >= 0.6 is 11.6 Å². The summed E-state index contributed by atoms with van der Waals surface area (Å²) in [5, 5.41) is 34.0. The van der Waals surface area contributed by atoms with Crippen LogP contribution in [0.2, 0.25) is 5.28 Å². The lowest BCUT2D eigenvalue weighted by Crippen LogP contribution is -2.48. The number of carbonyl (C=O) groups is 1. The van der Waals surface area contributed by atoms with Crippen molar-refractivity contribution in [1.29, 1.82) is 0 Å². The topological polar surface area (TPSA) is 152 Å². The smallest absolute Gasteiger partial charge is 0.332 e. The number of nitrogens with one attached hydrogen (secondary N) is 1. The number of aliphatic hydroxyl groups is 2. The Hall–Kier alpha value is -2.49. The van der Waals surface area contributed by atoms with Crippen molar-refractivity contribution < 1.29 is 29.6 Å². The van der Waals surface area contributed by atoms with E-state index in [1.54, 1.807) is 0 Å². The van der Waals surface area contributed by atoms with Gasteiger partial charge in [0.25, 0.3) is 0 Å². The fourth-order valence-corrected chi connectivity index (χ4v) is 4.22. The summed E-state index contributed by atoms with van der Waals surface area (Å²) in [6, 6.07) is 0.256. The first-order valence-electron chi connectivity index (χ1n) is 10.3. The van der Waals surface area contributed by atoms with E-state index in [9.17, 15) is 15.0 Å². The van der Waals surface area contributed by atoms with Crippen molar-refractivity contribution in [2.45, 2.75) is 68.8 Å². The minimum atomic E-state index is -2.12. The van der Waals surface area contributed by atoms with Gasteiger partial charge in [-0.1, -0.05) is 18.8 Å². The molecule has 172 valence electrons. The van der Waals surface area contributed by atoms with Gasteiger partial charge in [-0.2, -0.15) is 9.97 Å². The van der Waals surface area contributed by atoms with Crippen molar-refractivity contribution in [3.8, 4) is 12.3 Å². The summed E-state index contributed by atoms with van der Waals surface area (Å²) in [7, 11) is 0. The highest BCUT2D eigenvalue weighted by Crippen LogP contribution is 2.39. The highest BCUT2D eigenvalue weighted by Gasteiger charge is 2.56. The molecule has 2 aromatic heterocycles. The van der Waals surface area contributed by atoms with E-state index < -0.39 is 36.1 Å². The van der Waals surface area contributed by atoms with E-state index in [4.69, 9.17) is 32.6 Å². The number of aliphatic carboxylic acids is 1. The molecule has 4 N–H and O–H groups in total. The number of aromatic nitrogens is 4. The quantitative estimate of drug-likeness (QED) is 0.343. The molecule has 5 atom stereocenters. The number of hydrogen-bond donors (Lipinski definition) is 4. The molecule has 2 aliphatic rings. The molecular formula is C20H24ClN5O6. The highest BCUT2D eigenvalue weighted by molar-refractivity contribution is 6.28. The van der Waals surface area contributed by atoms with Crippen LogP contribution in [0.15, 0.2) is 6.33 Å². The van der Waals surface area contributed by atoms with E-state index in [0.29, 0.717) is 11.3 Å². The van der Waals surface area contributed by atoms with Crippen LogP contribution < -0.4 is 5.32 Å². The number of anilines is 1. The summed E-state index contributed by atoms with van der Waals surface area (Å²) in [4.78, 5) is 23.9. The fourth-order valence-electron chi connectivity index (χ4n) is 4.06. The lowest BCUT2D eigenvalue weighted by molar-refractivity contribution is -0.154.